The Morgan fingerprint density at radius 3 is 2.70 bits per heavy atom. The summed E-state index contributed by atoms with van der Waals surface area (Å²) in [5.74, 6) is -0.0197. The summed E-state index contributed by atoms with van der Waals surface area (Å²) in [6, 6.07) is 16.3. The number of hydrogen-bond donors (Lipinski definition) is 1. The molecule has 2 aromatic carbocycles. The third kappa shape index (κ3) is 3.80. The van der Waals surface area contributed by atoms with Crippen LogP contribution < -0.4 is 15.7 Å². The van der Waals surface area contributed by atoms with Gasteiger partial charge in [0, 0.05) is 12.7 Å². The van der Waals surface area contributed by atoms with Crippen molar-refractivity contribution in [3.05, 3.63) is 88.7 Å². The van der Waals surface area contributed by atoms with E-state index in [1.54, 1.807) is 25.4 Å². The quantitative estimate of drug-likeness (QED) is 0.534. The molecule has 1 amide bonds. The van der Waals surface area contributed by atoms with Gasteiger partial charge in [-0.1, -0.05) is 12.1 Å². The van der Waals surface area contributed by atoms with E-state index in [1.165, 1.54) is 33.4 Å². The first kappa shape index (κ1) is 19.4. The number of carbonyl (C=O) groups excluding carboxylic acids is 1. The molecule has 4 rings (SSSR count). The average Bonchev–Trinajstić information content (AvgIpc) is 3.04. The predicted molar refractivity (Wildman–Crippen MR) is 110 cm³/mol. The van der Waals surface area contributed by atoms with Gasteiger partial charge in [-0.3, -0.25) is 9.36 Å². The van der Waals surface area contributed by atoms with Gasteiger partial charge in [0.05, 0.1) is 18.3 Å². The number of fused-ring (bicyclic) bond motifs is 1. The molecule has 2 heterocycles. The maximum atomic E-state index is 13.3. The van der Waals surface area contributed by atoms with Crippen LogP contribution in [0.1, 0.15) is 5.56 Å². The fourth-order valence-corrected chi connectivity index (χ4v) is 3.24. The number of methoxy groups -OCH3 is 1. The predicted octanol–water partition coefficient (Wildman–Crippen LogP) is 2.65. The normalized spacial score (nSPS) is 10.9. The van der Waals surface area contributed by atoms with Gasteiger partial charge in [-0.2, -0.15) is 0 Å². The maximum Gasteiger partial charge on any atom is 0.335 e. The van der Waals surface area contributed by atoms with Crippen LogP contribution in [0.2, 0.25) is 0 Å². The molecule has 0 radical (unpaired) electrons. The van der Waals surface area contributed by atoms with Gasteiger partial charge in [0.1, 0.15) is 18.1 Å². The van der Waals surface area contributed by atoms with Gasteiger partial charge in [-0.25, -0.2) is 18.7 Å². The van der Waals surface area contributed by atoms with Crippen LogP contribution in [0, 0.1) is 5.82 Å². The van der Waals surface area contributed by atoms with Crippen molar-refractivity contribution in [1.29, 1.82) is 0 Å². The van der Waals surface area contributed by atoms with Gasteiger partial charge in [0.25, 0.3) is 0 Å². The second kappa shape index (κ2) is 8.20. The maximum absolute atomic E-state index is 13.3. The van der Waals surface area contributed by atoms with E-state index in [0.717, 1.165) is 5.56 Å². The number of hydrogen-bond acceptors (Lipinski definition) is 4. The molecule has 8 heteroatoms. The third-order valence-corrected chi connectivity index (χ3v) is 4.70. The molecule has 0 aliphatic rings. The van der Waals surface area contributed by atoms with Crippen LogP contribution in [0.5, 0.6) is 5.75 Å². The van der Waals surface area contributed by atoms with Crippen molar-refractivity contribution in [2.75, 3.05) is 7.11 Å². The van der Waals surface area contributed by atoms with E-state index < -0.39 is 11.5 Å². The van der Waals surface area contributed by atoms with Gasteiger partial charge in [-0.15, -0.1) is 0 Å². The molecule has 0 aliphatic heterocycles. The molecule has 0 spiro atoms. The second-order valence-corrected chi connectivity index (χ2v) is 6.65. The molecule has 0 unspecified atom stereocenters. The zero-order valence-corrected chi connectivity index (χ0v) is 16.2. The summed E-state index contributed by atoms with van der Waals surface area (Å²) < 4.78 is 21.2. The number of aromatic nitrogens is 3. The highest BCUT2D eigenvalue weighted by molar-refractivity contribution is 5.80. The van der Waals surface area contributed by atoms with Crippen LogP contribution in [0.4, 0.5) is 4.39 Å². The average molecular weight is 406 g/mol. The van der Waals surface area contributed by atoms with Crippen LogP contribution in [-0.2, 0) is 17.9 Å². The molecule has 30 heavy (non-hydrogen) atoms. The highest BCUT2D eigenvalue weighted by atomic mass is 19.1. The van der Waals surface area contributed by atoms with Crippen molar-refractivity contribution >= 4 is 17.1 Å². The number of rotatable bonds is 6. The lowest BCUT2D eigenvalue weighted by Crippen LogP contribution is -2.32. The summed E-state index contributed by atoms with van der Waals surface area (Å²) in [5.41, 5.74) is 1.84. The first-order chi connectivity index (χ1) is 14.6. The Balaban J connectivity index is 1.61. The van der Waals surface area contributed by atoms with Crippen LogP contribution in [-0.4, -0.2) is 27.1 Å². The van der Waals surface area contributed by atoms with E-state index in [4.69, 9.17) is 4.74 Å². The van der Waals surface area contributed by atoms with E-state index >= 15 is 0 Å². The number of nitrogens with zero attached hydrogens (tertiary/aromatic N) is 3. The number of halogens is 1. The first-order valence-electron chi connectivity index (χ1n) is 9.28. The largest absolute Gasteiger partial charge is 0.497 e. The molecule has 2 aromatic heterocycles. The minimum absolute atomic E-state index is 0.167. The summed E-state index contributed by atoms with van der Waals surface area (Å²) in [6.45, 7) is 0.138. The zero-order chi connectivity index (χ0) is 21.1. The number of amides is 1. The summed E-state index contributed by atoms with van der Waals surface area (Å²) in [4.78, 5) is 29.9. The minimum atomic E-state index is -0.424. The smallest absolute Gasteiger partial charge is 0.335 e. The molecule has 0 aliphatic carbocycles. The molecule has 0 atom stereocenters. The number of pyridine rings is 1. The third-order valence-electron chi connectivity index (χ3n) is 4.70. The van der Waals surface area contributed by atoms with Crippen molar-refractivity contribution in [2.24, 2.45) is 0 Å². The molecular formula is C22H19FN4O3. The van der Waals surface area contributed by atoms with Crippen molar-refractivity contribution in [3.63, 3.8) is 0 Å². The SMILES string of the molecule is COc1cccc(CNC(=O)Cn2c(=O)n(-c3ccc(F)cc3)c3ncccc32)c1. The Bertz CT molecular complexity index is 1260. The first-order valence-corrected chi connectivity index (χ1v) is 9.28. The zero-order valence-electron chi connectivity index (χ0n) is 16.2. The van der Waals surface area contributed by atoms with Crippen LogP contribution in [0.25, 0.3) is 16.9 Å². The van der Waals surface area contributed by atoms with Crippen molar-refractivity contribution < 1.29 is 13.9 Å². The molecule has 0 fully saturated rings. The summed E-state index contributed by atoms with van der Waals surface area (Å²) >= 11 is 0. The van der Waals surface area contributed by atoms with Crippen LogP contribution in [0.15, 0.2) is 71.7 Å². The Hall–Kier alpha value is -3.94. The Morgan fingerprint density at radius 2 is 1.93 bits per heavy atom. The Morgan fingerprint density at radius 1 is 1.13 bits per heavy atom. The monoisotopic (exact) mass is 406 g/mol. The summed E-state index contributed by atoms with van der Waals surface area (Å²) in [7, 11) is 1.58. The van der Waals surface area contributed by atoms with Gasteiger partial charge >= 0.3 is 5.69 Å². The lowest BCUT2D eigenvalue weighted by atomic mass is 10.2. The van der Waals surface area contributed by atoms with Crippen LogP contribution >= 0.6 is 0 Å². The molecule has 0 saturated carbocycles. The van der Waals surface area contributed by atoms with Gasteiger partial charge in [-0.05, 0) is 54.1 Å². The topological polar surface area (TPSA) is 78.1 Å². The molecule has 4 aromatic rings. The highest BCUT2D eigenvalue weighted by Crippen LogP contribution is 2.16. The highest BCUT2D eigenvalue weighted by Gasteiger charge is 2.17. The van der Waals surface area contributed by atoms with Crippen LogP contribution in [0.3, 0.4) is 0 Å². The Labute approximate surface area is 171 Å². The van der Waals surface area contributed by atoms with Gasteiger partial charge in [0.2, 0.25) is 5.91 Å². The van der Waals surface area contributed by atoms with E-state index in [1.807, 2.05) is 24.3 Å². The van der Waals surface area contributed by atoms with Crippen molar-refractivity contribution in [1.82, 2.24) is 19.4 Å². The standard InChI is InChI=1S/C22H19FN4O3/c1-30-18-5-2-4-15(12-18)13-25-20(28)14-26-19-6-3-11-24-21(19)27(22(26)29)17-9-7-16(23)8-10-17/h2-12H,13-14H2,1H3,(H,25,28). The lowest BCUT2D eigenvalue weighted by molar-refractivity contribution is -0.121. The lowest BCUT2D eigenvalue weighted by Gasteiger charge is -2.07. The van der Waals surface area contributed by atoms with E-state index in [2.05, 4.69) is 10.3 Å². The number of benzene rings is 2. The van der Waals surface area contributed by atoms with Crippen molar-refractivity contribution in [2.45, 2.75) is 13.1 Å². The molecule has 152 valence electrons. The fraction of sp³-hybridized carbons (Fsp3) is 0.136. The van der Waals surface area contributed by atoms with E-state index in [-0.39, 0.29) is 12.5 Å². The Kier molecular flexibility index (Phi) is 5.30. The van der Waals surface area contributed by atoms with Gasteiger partial charge < -0.3 is 10.1 Å². The molecule has 0 bridgehead atoms. The summed E-state index contributed by atoms with van der Waals surface area (Å²) in [6.07, 6.45) is 1.56. The summed E-state index contributed by atoms with van der Waals surface area (Å²) in [5, 5.41) is 2.81. The second-order valence-electron chi connectivity index (χ2n) is 6.65. The minimum Gasteiger partial charge on any atom is -0.497 e. The van der Waals surface area contributed by atoms with E-state index in [9.17, 15) is 14.0 Å². The molecular weight excluding hydrogens is 387 g/mol. The fourth-order valence-electron chi connectivity index (χ4n) is 3.24. The number of carbonyl (C=O) groups is 1. The molecule has 7 nitrogen and oxygen atoms in total. The number of imidazole rings is 1. The molecule has 0 saturated heterocycles. The van der Waals surface area contributed by atoms with Gasteiger partial charge in [0.15, 0.2) is 5.65 Å². The number of ether oxygens (including phenoxy) is 1. The number of nitrogens with one attached hydrogen (secondary N) is 1. The van der Waals surface area contributed by atoms with Crippen molar-refractivity contribution in [3.8, 4) is 11.4 Å². The van der Waals surface area contributed by atoms with E-state index in [0.29, 0.717) is 29.1 Å². The molecule has 1 N–H and O–H groups in total.